The van der Waals surface area contributed by atoms with Crippen LogP contribution in [0.25, 0.3) is 0 Å². The Bertz CT molecular complexity index is 647. The van der Waals surface area contributed by atoms with Crippen molar-refractivity contribution in [1.82, 2.24) is 4.98 Å². The monoisotopic (exact) mass is 253 g/mol. The van der Waals surface area contributed by atoms with Gasteiger partial charge >= 0.3 is 5.97 Å². The first-order chi connectivity index (χ1) is 9.20. The minimum atomic E-state index is -0.985. The highest BCUT2D eigenvalue weighted by molar-refractivity contribution is 5.87. The SMILES string of the molecule is N#Cc1ccccc1NCc1cc(C(=O)O)ccn1. The summed E-state index contributed by atoms with van der Waals surface area (Å²) in [6.07, 6.45) is 1.46. The molecule has 1 aromatic carbocycles. The van der Waals surface area contributed by atoms with Gasteiger partial charge in [0.1, 0.15) is 6.07 Å². The van der Waals surface area contributed by atoms with Crippen molar-refractivity contribution in [1.29, 1.82) is 5.26 Å². The number of para-hydroxylation sites is 1. The molecule has 2 rings (SSSR count). The van der Waals surface area contributed by atoms with Gasteiger partial charge in [0, 0.05) is 6.20 Å². The van der Waals surface area contributed by atoms with Gasteiger partial charge in [-0.1, -0.05) is 12.1 Å². The van der Waals surface area contributed by atoms with E-state index in [1.54, 1.807) is 18.2 Å². The standard InChI is InChI=1S/C14H11N3O2/c15-8-11-3-1-2-4-13(11)17-9-12-7-10(14(18)19)5-6-16-12/h1-7,17H,9H2,(H,18,19). The van der Waals surface area contributed by atoms with Crippen molar-refractivity contribution in [2.75, 3.05) is 5.32 Å². The van der Waals surface area contributed by atoms with E-state index >= 15 is 0 Å². The van der Waals surface area contributed by atoms with Crippen LogP contribution >= 0.6 is 0 Å². The number of rotatable bonds is 4. The minimum Gasteiger partial charge on any atom is -0.478 e. The number of nitrogens with zero attached hydrogens (tertiary/aromatic N) is 2. The van der Waals surface area contributed by atoms with Gasteiger partial charge in [-0.15, -0.1) is 0 Å². The first-order valence-electron chi connectivity index (χ1n) is 5.62. The molecule has 0 fully saturated rings. The van der Waals surface area contributed by atoms with Crippen LogP contribution in [0.5, 0.6) is 0 Å². The molecule has 0 saturated carbocycles. The van der Waals surface area contributed by atoms with Crippen molar-refractivity contribution in [3.05, 3.63) is 59.4 Å². The summed E-state index contributed by atoms with van der Waals surface area (Å²) in [6.45, 7) is 0.361. The summed E-state index contributed by atoms with van der Waals surface area (Å²) in [6, 6.07) is 12.1. The Morgan fingerprint density at radius 2 is 2.16 bits per heavy atom. The fourth-order valence-electron chi connectivity index (χ4n) is 1.63. The number of aromatic nitrogens is 1. The molecular weight excluding hydrogens is 242 g/mol. The number of benzene rings is 1. The quantitative estimate of drug-likeness (QED) is 0.872. The van der Waals surface area contributed by atoms with Crippen molar-refractivity contribution in [3.63, 3.8) is 0 Å². The number of carboxylic acid groups (broad SMARTS) is 1. The molecule has 0 aliphatic heterocycles. The molecule has 0 bridgehead atoms. The van der Waals surface area contributed by atoms with Gasteiger partial charge < -0.3 is 10.4 Å². The molecule has 0 aliphatic carbocycles. The van der Waals surface area contributed by atoms with E-state index in [4.69, 9.17) is 10.4 Å². The number of pyridine rings is 1. The zero-order chi connectivity index (χ0) is 13.7. The van der Waals surface area contributed by atoms with Crippen LogP contribution in [0.2, 0.25) is 0 Å². The molecular formula is C14H11N3O2. The van der Waals surface area contributed by atoms with Crippen LogP contribution < -0.4 is 5.32 Å². The number of carbonyl (C=O) groups is 1. The number of hydrogen-bond donors (Lipinski definition) is 2. The van der Waals surface area contributed by atoms with Crippen LogP contribution in [0.3, 0.4) is 0 Å². The first kappa shape index (κ1) is 12.6. The zero-order valence-electron chi connectivity index (χ0n) is 10.00. The van der Waals surface area contributed by atoms with E-state index < -0.39 is 5.97 Å². The third kappa shape index (κ3) is 3.07. The Kier molecular flexibility index (Phi) is 3.74. The molecule has 5 heteroatoms. The van der Waals surface area contributed by atoms with Gasteiger partial charge in [0.25, 0.3) is 0 Å². The summed E-state index contributed by atoms with van der Waals surface area (Å²) >= 11 is 0. The van der Waals surface area contributed by atoms with E-state index in [1.165, 1.54) is 18.3 Å². The van der Waals surface area contributed by atoms with Crippen LogP contribution in [0.1, 0.15) is 21.6 Å². The van der Waals surface area contributed by atoms with Crippen LogP contribution in [-0.4, -0.2) is 16.1 Å². The van der Waals surface area contributed by atoms with Crippen LogP contribution in [0.4, 0.5) is 5.69 Å². The van der Waals surface area contributed by atoms with Crippen LogP contribution in [0, 0.1) is 11.3 Å². The molecule has 2 N–H and O–H groups in total. The molecule has 19 heavy (non-hydrogen) atoms. The number of carboxylic acids is 1. The molecule has 94 valence electrons. The molecule has 0 radical (unpaired) electrons. The maximum atomic E-state index is 10.8. The van der Waals surface area contributed by atoms with Crippen molar-refractivity contribution in [2.45, 2.75) is 6.54 Å². The predicted molar refractivity (Wildman–Crippen MR) is 69.7 cm³/mol. The van der Waals surface area contributed by atoms with Crippen LogP contribution in [0.15, 0.2) is 42.6 Å². The van der Waals surface area contributed by atoms with Gasteiger partial charge in [-0.25, -0.2) is 4.79 Å². The lowest BCUT2D eigenvalue weighted by Gasteiger charge is -2.07. The molecule has 1 heterocycles. The number of nitriles is 1. The lowest BCUT2D eigenvalue weighted by Crippen LogP contribution is -2.05. The third-order valence-electron chi connectivity index (χ3n) is 2.57. The second kappa shape index (κ2) is 5.65. The molecule has 5 nitrogen and oxygen atoms in total. The van der Waals surface area contributed by atoms with E-state index in [0.29, 0.717) is 23.5 Å². The normalized spacial score (nSPS) is 9.63. The van der Waals surface area contributed by atoms with Gasteiger partial charge in [-0.2, -0.15) is 5.26 Å². The van der Waals surface area contributed by atoms with E-state index in [1.807, 2.05) is 6.07 Å². The molecule has 0 saturated heterocycles. The number of anilines is 1. The van der Waals surface area contributed by atoms with Gasteiger partial charge in [-0.05, 0) is 24.3 Å². The predicted octanol–water partition coefficient (Wildman–Crippen LogP) is 2.26. The summed E-state index contributed by atoms with van der Waals surface area (Å²) in [5, 5.41) is 20.9. The highest BCUT2D eigenvalue weighted by Gasteiger charge is 2.05. The van der Waals surface area contributed by atoms with Crippen molar-refractivity contribution in [3.8, 4) is 6.07 Å². The molecule has 2 aromatic rings. The topological polar surface area (TPSA) is 86.0 Å². The average Bonchev–Trinajstić information content (AvgIpc) is 2.45. The maximum Gasteiger partial charge on any atom is 0.335 e. The Balaban J connectivity index is 2.13. The van der Waals surface area contributed by atoms with E-state index in [2.05, 4.69) is 16.4 Å². The van der Waals surface area contributed by atoms with E-state index in [-0.39, 0.29) is 5.56 Å². The maximum absolute atomic E-state index is 10.8. The molecule has 0 unspecified atom stereocenters. The smallest absolute Gasteiger partial charge is 0.335 e. The Morgan fingerprint density at radius 3 is 2.89 bits per heavy atom. The van der Waals surface area contributed by atoms with Gasteiger partial charge in [0.15, 0.2) is 0 Å². The second-order valence-corrected chi connectivity index (χ2v) is 3.85. The largest absolute Gasteiger partial charge is 0.478 e. The highest BCUT2D eigenvalue weighted by atomic mass is 16.4. The van der Waals surface area contributed by atoms with Gasteiger partial charge in [0.2, 0.25) is 0 Å². The summed E-state index contributed by atoms with van der Waals surface area (Å²) in [7, 11) is 0. The Labute approximate surface area is 110 Å². The van der Waals surface area contributed by atoms with Crippen molar-refractivity contribution in [2.24, 2.45) is 0 Å². The second-order valence-electron chi connectivity index (χ2n) is 3.85. The molecule has 0 spiro atoms. The Morgan fingerprint density at radius 1 is 1.37 bits per heavy atom. The van der Waals surface area contributed by atoms with E-state index in [9.17, 15) is 4.79 Å². The summed E-state index contributed by atoms with van der Waals surface area (Å²) < 4.78 is 0. The summed E-state index contributed by atoms with van der Waals surface area (Å²) in [5.74, 6) is -0.985. The lowest BCUT2D eigenvalue weighted by atomic mass is 10.2. The Hall–Kier alpha value is -2.87. The fraction of sp³-hybridized carbons (Fsp3) is 0.0714. The first-order valence-corrected chi connectivity index (χ1v) is 5.62. The van der Waals surface area contributed by atoms with Crippen molar-refractivity contribution < 1.29 is 9.90 Å². The third-order valence-corrected chi connectivity index (χ3v) is 2.57. The number of aromatic carboxylic acids is 1. The molecule has 1 aromatic heterocycles. The molecule has 0 aliphatic rings. The van der Waals surface area contributed by atoms with Gasteiger partial charge in [0.05, 0.1) is 29.1 Å². The van der Waals surface area contributed by atoms with E-state index in [0.717, 1.165) is 0 Å². The van der Waals surface area contributed by atoms with Gasteiger partial charge in [-0.3, -0.25) is 4.98 Å². The van der Waals surface area contributed by atoms with Crippen molar-refractivity contribution >= 4 is 11.7 Å². The minimum absolute atomic E-state index is 0.195. The highest BCUT2D eigenvalue weighted by Crippen LogP contribution is 2.14. The molecule has 0 atom stereocenters. The summed E-state index contributed by atoms with van der Waals surface area (Å²) in [5.41, 5.74) is 2.04. The molecule has 0 amide bonds. The zero-order valence-corrected chi connectivity index (χ0v) is 10.00. The lowest BCUT2D eigenvalue weighted by molar-refractivity contribution is 0.0696. The average molecular weight is 253 g/mol. The summed E-state index contributed by atoms with van der Waals surface area (Å²) in [4.78, 5) is 14.9. The number of hydrogen-bond acceptors (Lipinski definition) is 4. The fourth-order valence-corrected chi connectivity index (χ4v) is 1.63. The van der Waals surface area contributed by atoms with Crippen LogP contribution in [-0.2, 0) is 6.54 Å². The number of nitrogens with one attached hydrogen (secondary N) is 1.